The molecule has 0 aliphatic carbocycles. The lowest BCUT2D eigenvalue weighted by Crippen LogP contribution is -2.31. The average molecular weight is 511 g/mol. The molecule has 1 aromatic carbocycles. The second-order valence-corrected chi connectivity index (χ2v) is 9.64. The number of nitrogens with one attached hydrogen (secondary N) is 1. The van der Waals surface area contributed by atoms with Crippen molar-refractivity contribution in [2.75, 3.05) is 31.7 Å². The van der Waals surface area contributed by atoms with Gasteiger partial charge in [0.15, 0.2) is 0 Å². The van der Waals surface area contributed by atoms with Crippen LogP contribution in [0.25, 0.3) is 11.7 Å². The maximum absolute atomic E-state index is 13.5. The van der Waals surface area contributed by atoms with Crippen LogP contribution in [0.5, 0.6) is 0 Å². The molecule has 0 saturated carbocycles. The Bertz CT molecular complexity index is 1340. The van der Waals surface area contributed by atoms with Gasteiger partial charge in [-0.05, 0) is 37.1 Å². The van der Waals surface area contributed by atoms with Crippen LogP contribution in [0.4, 0.5) is 5.82 Å². The number of carbonyl (C=O) groups excluding carboxylic acids is 1. The zero-order chi connectivity index (χ0) is 24.9. The first-order valence-corrected chi connectivity index (χ1v) is 12.4. The lowest BCUT2D eigenvalue weighted by atomic mass is 10.1. The molecule has 182 valence electrons. The van der Waals surface area contributed by atoms with E-state index in [4.69, 9.17) is 22.1 Å². The van der Waals surface area contributed by atoms with Gasteiger partial charge in [0.05, 0.1) is 36.3 Å². The number of amides is 1. The molecular weight excluding hydrogens is 484 g/mol. The van der Waals surface area contributed by atoms with Gasteiger partial charge in [0.2, 0.25) is 0 Å². The summed E-state index contributed by atoms with van der Waals surface area (Å²) in [6.45, 7) is 4.67. The predicted octanol–water partition coefficient (Wildman–Crippen LogP) is 3.39. The number of nitrogens with zero attached hydrogens (tertiary/aromatic N) is 3. The molecule has 2 N–H and O–H groups in total. The first kappa shape index (κ1) is 25.1. The topological polar surface area (TPSA) is 96.2 Å². The third-order valence-electron chi connectivity index (χ3n) is 5.63. The highest BCUT2D eigenvalue weighted by molar-refractivity contribution is 8.26. The van der Waals surface area contributed by atoms with Gasteiger partial charge in [-0.1, -0.05) is 60.4 Å². The van der Waals surface area contributed by atoms with Crippen molar-refractivity contribution in [2.45, 2.75) is 19.9 Å². The second-order valence-electron chi connectivity index (χ2n) is 7.97. The summed E-state index contributed by atoms with van der Waals surface area (Å²) in [7, 11) is 0. The van der Waals surface area contributed by atoms with Crippen molar-refractivity contribution >= 4 is 51.7 Å². The van der Waals surface area contributed by atoms with Crippen molar-refractivity contribution in [3.8, 4) is 0 Å². The van der Waals surface area contributed by atoms with Crippen LogP contribution in [0, 0.1) is 6.92 Å². The Morgan fingerprint density at radius 1 is 1.20 bits per heavy atom. The number of hydrogen-bond donors (Lipinski definition) is 2. The Balaban J connectivity index is 1.71. The van der Waals surface area contributed by atoms with E-state index in [9.17, 15) is 9.59 Å². The van der Waals surface area contributed by atoms with Crippen LogP contribution >= 0.6 is 24.0 Å². The summed E-state index contributed by atoms with van der Waals surface area (Å²) in [5.41, 5.74) is 2.32. The van der Waals surface area contributed by atoms with Gasteiger partial charge in [0, 0.05) is 12.7 Å². The van der Waals surface area contributed by atoms with Crippen molar-refractivity contribution in [1.82, 2.24) is 14.3 Å². The number of thiocarbonyl (C=S) groups is 1. The molecule has 1 amide bonds. The molecule has 0 unspecified atom stereocenters. The van der Waals surface area contributed by atoms with E-state index in [1.54, 1.807) is 23.2 Å². The molecule has 0 spiro atoms. The normalized spacial score (nSPS) is 15.9. The summed E-state index contributed by atoms with van der Waals surface area (Å²) in [6, 6.07) is 13.1. The molecule has 1 fully saturated rings. The first-order chi connectivity index (χ1) is 16.9. The number of anilines is 1. The largest absolute Gasteiger partial charge is 0.394 e. The maximum Gasteiger partial charge on any atom is 0.267 e. The first-order valence-electron chi connectivity index (χ1n) is 11.2. The second kappa shape index (κ2) is 11.1. The van der Waals surface area contributed by atoms with Crippen LogP contribution in [0.1, 0.15) is 29.7 Å². The van der Waals surface area contributed by atoms with Gasteiger partial charge in [-0.15, -0.1) is 0 Å². The van der Waals surface area contributed by atoms with E-state index in [2.05, 4.69) is 10.3 Å². The number of aliphatic hydroxyl groups excluding tert-OH is 1. The summed E-state index contributed by atoms with van der Waals surface area (Å²) in [5, 5.41) is 12.0. The van der Waals surface area contributed by atoms with Crippen molar-refractivity contribution < 1.29 is 14.6 Å². The Hall–Kier alpha value is -3.05. The molecule has 1 atom stereocenters. The number of ether oxygens (including phenoxy) is 1. The fraction of sp³-hybridized carbons (Fsp3) is 0.280. The molecule has 35 heavy (non-hydrogen) atoms. The van der Waals surface area contributed by atoms with Crippen molar-refractivity contribution in [1.29, 1.82) is 0 Å². The lowest BCUT2D eigenvalue weighted by molar-refractivity contribution is -0.123. The number of pyridine rings is 1. The number of rotatable bonds is 9. The third-order valence-corrected chi connectivity index (χ3v) is 6.96. The van der Waals surface area contributed by atoms with Crippen LogP contribution in [-0.2, 0) is 9.53 Å². The molecule has 0 bridgehead atoms. The van der Waals surface area contributed by atoms with E-state index in [-0.39, 0.29) is 36.3 Å². The van der Waals surface area contributed by atoms with E-state index in [1.165, 1.54) is 16.2 Å². The summed E-state index contributed by atoms with van der Waals surface area (Å²) >= 11 is 6.71. The van der Waals surface area contributed by atoms with Crippen molar-refractivity contribution in [3.05, 3.63) is 80.6 Å². The van der Waals surface area contributed by atoms with Gasteiger partial charge in [-0.25, -0.2) is 4.98 Å². The van der Waals surface area contributed by atoms with Gasteiger partial charge in [-0.2, -0.15) is 0 Å². The predicted molar refractivity (Wildman–Crippen MR) is 142 cm³/mol. The zero-order valence-corrected chi connectivity index (χ0v) is 21.1. The maximum atomic E-state index is 13.5. The summed E-state index contributed by atoms with van der Waals surface area (Å²) in [5.74, 6) is 0.112. The minimum Gasteiger partial charge on any atom is -0.394 e. The van der Waals surface area contributed by atoms with Crippen LogP contribution in [0.15, 0.2) is 58.4 Å². The van der Waals surface area contributed by atoms with Crippen LogP contribution in [-0.4, -0.2) is 56.0 Å². The van der Waals surface area contributed by atoms with Gasteiger partial charge >= 0.3 is 0 Å². The lowest BCUT2D eigenvalue weighted by Gasteiger charge is -2.23. The van der Waals surface area contributed by atoms with Crippen LogP contribution in [0.2, 0.25) is 0 Å². The number of benzene rings is 1. The fourth-order valence-electron chi connectivity index (χ4n) is 3.81. The number of fused-ring (bicyclic) bond motifs is 1. The molecule has 8 nitrogen and oxygen atoms in total. The van der Waals surface area contributed by atoms with E-state index in [1.807, 2.05) is 50.2 Å². The van der Waals surface area contributed by atoms with E-state index < -0.39 is 0 Å². The molecule has 3 heterocycles. The number of aliphatic hydroxyl groups is 1. The van der Waals surface area contributed by atoms with Gasteiger partial charge in [0.1, 0.15) is 15.8 Å². The molecule has 1 saturated heterocycles. The summed E-state index contributed by atoms with van der Waals surface area (Å²) in [6.07, 6.45) is 3.23. The van der Waals surface area contributed by atoms with Crippen molar-refractivity contribution in [3.63, 3.8) is 0 Å². The zero-order valence-electron chi connectivity index (χ0n) is 19.4. The quantitative estimate of drug-likeness (QED) is 0.257. The average Bonchev–Trinajstić information content (AvgIpc) is 3.14. The molecule has 3 aromatic rings. The van der Waals surface area contributed by atoms with Gasteiger partial charge in [-0.3, -0.25) is 18.9 Å². The minimum absolute atomic E-state index is 0.0662. The van der Waals surface area contributed by atoms with Crippen molar-refractivity contribution in [2.24, 2.45) is 0 Å². The molecule has 0 radical (unpaired) electrons. The van der Waals surface area contributed by atoms with E-state index >= 15 is 0 Å². The molecule has 1 aliphatic rings. The summed E-state index contributed by atoms with van der Waals surface area (Å²) in [4.78, 5) is 33.4. The Morgan fingerprint density at radius 3 is 2.71 bits per heavy atom. The van der Waals surface area contributed by atoms with Gasteiger partial charge < -0.3 is 15.2 Å². The molecular formula is C25H26N4O4S2. The van der Waals surface area contributed by atoms with E-state index in [0.29, 0.717) is 33.8 Å². The fourth-order valence-corrected chi connectivity index (χ4v) is 5.21. The monoisotopic (exact) mass is 510 g/mol. The number of hydrogen-bond acceptors (Lipinski definition) is 8. The van der Waals surface area contributed by atoms with Crippen LogP contribution < -0.4 is 10.9 Å². The number of carbonyl (C=O) groups is 1. The Labute approximate surface area is 212 Å². The highest BCUT2D eigenvalue weighted by Crippen LogP contribution is 2.38. The SMILES string of the molecule is Cc1cccn2c(=O)c(/C=C3\SC(=S)N([C@@H](C)c4ccccc4)C3=O)c(NCCOCCO)nc12. The molecule has 1 aliphatic heterocycles. The highest BCUT2D eigenvalue weighted by Gasteiger charge is 2.36. The molecule has 10 heteroatoms. The molecule has 4 rings (SSSR count). The number of thioether (sulfide) groups is 1. The minimum atomic E-state index is -0.293. The smallest absolute Gasteiger partial charge is 0.267 e. The highest BCUT2D eigenvalue weighted by atomic mass is 32.2. The number of aromatic nitrogens is 2. The standard InChI is InChI=1S/C25H26N4O4S2/c1-16-7-6-11-28-22(16)27-21(26-10-13-33-14-12-30)19(23(28)31)15-20-24(32)29(25(34)35-20)17(2)18-8-4-3-5-9-18/h3-9,11,15,17,26,30H,10,12-14H2,1-2H3/b20-15-/t17-/m0/s1. The van der Waals surface area contributed by atoms with Crippen LogP contribution in [0.3, 0.4) is 0 Å². The third kappa shape index (κ3) is 5.30. The summed E-state index contributed by atoms with van der Waals surface area (Å²) < 4.78 is 7.23. The molecule has 2 aromatic heterocycles. The Kier molecular flexibility index (Phi) is 7.97. The Morgan fingerprint density at radius 2 is 1.97 bits per heavy atom. The van der Waals surface area contributed by atoms with Gasteiger partial charge in [0.25, 0.3) is 11.5 Å². The van der Waals surface area contributed by atoms with E-state index in [0.717, 1.165) is 11.1 Å². The number of aryl methyl sites for hydroxylation is 1.